The molecule has 0 bridgehead atoms. The van der Waals surface area contributed by atoms with Gasteiger partial charge in [0.1, 0.15) is 5.75 Å². The Labute approximate surface area is 114 Å². The van der Waals surface area contributed by atoms with Gasteiger partial charge in [-0.15, -0.1) is 6.58 Å². The van der Waals surface area contributed by atoms with Crippen LogP contribution in [0, 0.1) is 13.8 Å². The molecule has 0 spiro atoms. The maximum atomic E-state index is 11.2. The second-order valence-electron chi connectivity index (χ2n) is 4.35. The van der Waals surface area contributed by atoms with Crippen molar-refractivity contribution in [1.29, 1.82) is 0 Å². The van der Waals surface area contributed by atoms with Crippen molar-refractivity contribution < 1.29 is 9.53 Å². The van der Waals surface area contributed by atoms with Crippen LogP contribution in [0.15, 0.2) is 30.9 Å². The third-order valence-electron chi connectivity index (χ3n) is 2.67. The number of hydrogen-bond donors (Lipinski definition) is 2. The molecular weight excluding hydrogens is 240 g/mol. The van der Waals surface area contributed by atoms with Crippen molar-refractivity contribution in [3.8, 4) is 5.75 Å². The number of amides is 2. The highest BCUT2D eigenvalue weighted by molar-refractivity contribution is 5.73. The van der Waals surface area contributed by atoms with Crippen LogP contribution in [0.1, 0.15) is 17.5 Å². The molecule has 0 heterocycles. The van der Waals surface area contributed by atoms with E-state index >= 15 is 0 Å². The van der Waals surface area contributed by atoms with Crippen molar-refractivity contribution in [1.82, 2.24) is 10.6 Å². The van der Waals surface area contributed by atoms with Crippen LogP contribution in [-0.2, 0) is 0 Å². The summed E-state index contributed by atoms with van der Waals surface area (Å²) in [6, 6.07) is 5.90. The SMILES string of the molecule is C=CCNC(=O)NCCCOc1c(C)cccc1C. The summed E-state index contributed by atoms with van der Waals surface area (Å²) in [6.45, 7) is 9.25. The summed E-state index contributed by atoms with van der Waals surface area (Å²) in [5, 5.41) is 5.41. The standard InChI is InChI=1S/C15H22N2O2/c1-4-9-16-15(18)17-10-6-11-19-14-12(2)7-5-8-13(14)3/h4-5,7-8H,1,6,9-11H2,2-3H3,(H2,16,17,18). The molecule has 0 radical (unpaired) electrons. The quantitative estimate of drug-likeness (QED) is 0.586. The fourth-order valence-corrected chi connectivity index (χ4v) is 1.70. The molecular formula is C15H22N2O2. The number of benzene rings is 1. The predicted molar refractivity (Wildman–Crippen MR) is 77.6 cm³/mol. The second-order valence-corrected chi connectivity index (χ2v) is 4.35. The van der Waals surface area contributed by atoms with E-state index in [0.717, 1.165) is 23.3 Å². The minimum Gasteiger partial charge on any atom is -0.493 e. The summed E-state index contributed by atoms with van der Waals surface area (Å²) < 4.78 is 5.74. The number of urea groups is 1. The molecule has 0 aliphatic heterocycles. The van der Waals surface area contributed by atoms with E-state index in [9.17, 15) is 4.79 Å². The summed E-state index contributed by atoms with van der Waals surface area (Å²) in [6.07, 6.45) is 2.42. The molecule has 2 amide bonds. The fraction of sp³-hybridized carbons (Fsp3) is 0.400. The zero-order chi connectivity index (χ0) is 14.1. The van der Waals surface area contributed by atoms with Crippen LogP contribution in [0.2, 0.25) is 0 Å². The minimum atomic E-state index is -0.174. The van der Waals surface area contributed by atoms with Gasteiger partial charge in [-0.3, -0.25) is 0 Å². The molecule has 0 unspecified atom stereocenters. The van der Waals surface area contributed by atoms with Crippen LogP contribution in [-0.4, -0.2) is 25.7 Å². The summed E-state index contributed by atoms with van der Waals surface area (Å²) in [5.41, 5.74) is 2.27. The topological polar surface area (TPSA) is 50.4 Å². The van der Waals surface area contributed by atoms with Gasteiger partial charge in [0.25, 0.3) is 0 Å². The molecule has 19 heavy (non-hydrogen) atoms. The highest BCUT2D eigenvalue weighted by atomic mass is 16.5. The van der Waals surface area contributed by atoms with Crippen molar-refractivity contribution >= 4 is 6.03 Å². The van der Waals surface area contributed by atoms with E-state index in [0.29, 0.717) is 19.7 Å². The molecule has 0 aromatic heterocycles. The molecule has 0 fully saturated rings. The molecule has 0 atom stereocenters. The molecule has 0 aliphatic rings. The Morgan fingerprint density at radius 1 is 1.32 bits per heavy atom. The zero-order valence-electron chi connectivity index (χ0n) is 11.7. The molecule has 1 rings (SSSR count). The van der Waals surface area contributed by atoms with Gasteiger partial charge in [-0.2, -0.15) is 0 Å². The van der Waals surface area contributed by atoms with Gasteiger partial charge < -0.3 is 15.4 Å². The Balaban J connectivity index is 2.21. The van der Waals surface area contributed by atoms with Gasteiger partial charge in [-0.1, -0.05) is 24.3 Å². The van der Waals surface area contributed by atoms with E-state index < -0.39 is 0 Å². The van der Waals surface area contributed by atoms with E-state index in [4.69, 9.17) is 4.74 Å². The molecule has 104 valence electrons. The molecule has 0 saturated carbocycles. The molecule has 2 N–H and O–H groups in total. The summed E-state index contributed by atoms with van der Waals surface area (Å²) >= 11 is 0. The van der Waals surface area contributed by atoms with Crippen molar-refractivity contribution in [2.24, 2.45) is 0 Å². The average molecular weight is 262 g/mol. The van der Waals surface area contributed by atoms with Gasteiger partial charge in [0.2, 0.25) is 0 Å². The number of aryl methyl sites for hydroxylation is 2. The lowest BCUT2D eigenvalue weighted by molar-refractivity contribution is 0.240. The number of rotatable bonds is 7. The Morgan fingerprint density at radius 2 is 2.00 bits per heavy atom. The lowest BCUT2D eigenvalue weighted by Gasteiger charge is -2.12. The number of carbonyl (C=O) groups excluding carboxylic acids is 1. The zero-order valence-corrected chi connectivity index (χ0v) is 11.7. The van der Waals surface area contributed by atoms with Crippen LogP contribution in [0.5, 0.6) is 5.75 Å². The molecule has 1 aromatic carbocycles. The third-order valence-corrected chi connectivity index (χ3v) is 2.67. The predicted octanol–water partition coefficient (Wildman–Crippen LogP) is 2.56. The summed E-state index contributed by atoms with van der Waals surface area (Å²) in [5.74, 6) is 0.943. The third kappa shape index (κ3) is 5.46. The normalized spacial score (nSPS) is 9.79. The Kier molecular flexibility index (Phi) is 6.50. The van der Waals surface area contributed by atoms with Crippen LogP contribution >= 0.6 is 0 Å². The lowest BCUT2D eigenvalue weighted by Crippen LogP contribution is -2.36. The van der Waals surface area contributed by atoms with E-state index in [1.54, 1.807) is 6.08 Å². The Morgan fingerprint density at radius 3 is 2.63 bits per heavy atom. The molecule has 0 aliphatic carbocycles. The second kappa shape index (κ2) is 8.19. The first kappa shape index (κ1) is 15.1. The van der Waals surface area contributed by atoms with E-state index in [1.807, 2.05) is 32.0 Å². The highest BCUT2D eigenvalue weighted by Gasteiger charge is 2.03. The average Bonchev–Trinajstić information content (AvgIpc) is 2.39. The minimum absolute atomic E-state index is 0.174. The van der Waals surface area contributed by atoms with Crippen molar-refractivity contribution in [2.75, 3.05) is 19.7 Å². The van der Waals surface area contributed by atoms with E-state index in [2.05, 4.69) is 17.2 Å². The summed E-state index contributed by atoms with van der Waals surface area (Å²) in [4.78, 5) is 11.2. The van der Waals surface area contributed by atoms with Gasteiger partial charge in [-0.25, -0.2) is 4.79 Å². The van der Waals surface area contributed by atoms with Crippen molar-refractivity contribution in [3.05, 3.63) is 42.0 Å². The largest absolute Gasteiger partial charge is 0.493 e. The number of hydrogen-bond acceptors (Lipinski definition) is 2. The lowest BCUT2D eigenvalue weighted by atomic mass is 10.1. The Hall–Kier alpha value is -1.97. The maximum Gasteiger partial charge on any atom is 0.315 e. The highest BCUT2D eigenvalue weighted by Crippen LogP contribution is 2.22. The van der Waals surface area contributed by atoms with Crippen LogP contribution < -0.4 is 15.4 Å². The van der Waals surface area contributed by atoms with Gasteiger partial charge in [0, 0.05) is 13.1 Å². The fourth-order valence-electron chi connectivity index (χ4n) is 1.70. The first-order valence-corrected chi connectivity index (χ1v) is 6.46. The van der Waals surface area contributed by atoms with Crippen LogP contribution in [0.25, 0.3) is 0 Å². The first-order chi connectivity index (χ1) is 9.15. The van der Waals surface area contributed by atoms with Crippen LogP contribution in [0.3, 0.4) is 0 Å². The van der Waals surface area contributed by atoms with Gasteiger partial charge >= 0.3 is 6.03 Å². The first-order valence-electron chi connectivity index (χ1n) is 6.46. The van der Waals surface area contributed by atoms with Crippen molar-refractivity contribution in [3.63, 3.8) is 0 Å². The van der Waals surface area contributed by atoms with Crippen LogP contribution in [0.4, 0.5) is 4.79 Å². The van der Waals surface area contributed by atoms with E-state index in [1.165, 1.54) is 0 Å². The van der Waals surface area contributed by atoms with Gasteiger partial charge in [-0.05, 0) is 31.4 Å². The number of ether oxygens (including phenoxy) is 1. The Bertz CT molecular complexity index is 410. The summed E-state index contributed by atoms with van der Waals surface area (Å²) in [7, 11) is 0. The van der Waals surface area contributed by atoms with Gasteiger partial charge in [0.05, 0.1) is 6.61 Å². The smallest absolute Gasteiger partial charge is 0.315 e. The molecule has 4 heteroatoms. The van der Waals surface area contributed by atoms with E-state index in [-0.39, 0.29) is 6.03 Å². The maximum absolute atomic E-state index is 11.2. The number of carbonyl (C=O) groups is 1. The molecule has 1 aromatic rings. The number of nitrogens with one attached hydrogen (secondary N) is 2. The molecule has 4 nitrogen and oxygen atoms in total. The number of para-hydroxylation sites is 1. The van der Waals surface area contributed by atoms with Gasteiger partial charge in [0.15, 0.2) is 0 Å². The monoisotopic (exact) mass is 262 g/mol. The van der Waals surface area contributed by atoms with Crippen molar-refractivity contribution in [2.45, 2.75) is 20.3 Å². The molecule has 0 saturated heterocycles.